The van der Waals surface area contributed by atoms with Crippen LogP contribution in [0.25, 0.3) is 0 Å². The Morgan fingerprint density at radius 3 is 2.71 bits per heavy atom. The van der Waals surface area contributed by atoms with Crippen molar-refractivity contribution in [1.82, 2.24) is 15.1 Å². The van der Waals surface area contributed by atoms with Crippen LogP contribution in [0.15, 0.2) is 36.9 Å². The molecule has 1 aromatic carbocycles. The van der Waals surface area contributed by atoms with Gasteiger partial charge in [-0.3, -0.25) is 14.9 Å². The molecule has 3 rings (SSSR count). The lowest BCUT2D eigenvalue weighted by atomic mass is 9.95. The summed E-state index contributed by atoms with van der Waals surface area (Å²) in [6.07, 6.45) is 3.15. The summed E-state index contributed by atoms with van der Waals surface area (Å²) in [4.78, 5) is 28.7. The van der Waals surface area contributed by atoms with Gasteiger partial charge in [0.25, 0.3) is 5.91 Å². The molecule has 128 valence electrons. The smallest absolute Gasteiger partial charge is 0.255 e. The van der Waals surface area contributed by atoms with Gasteiger partial charge in [0.15, 0.2) is 0 Å². The van der Waals surface area contributed by atoms with Crippen molar-refractivity contribution in [2.24, 2.45) is 0 Å². The van der Waals surface area contributed by atoms with Gasteiger partial charge in [-0.2, -0.15) is 0 Å². The Bertz CT molecular complexity index is 668. The predicted molar refractivity (Wildman–Crippen MR) is 93.8 cm³/mol. The molecule has 1 aromatic rings. The molecule has 1 unspecified atom stereocenters. The van der Waals surface area contributed by atoms with Gasteiger partial charge in [-0.25, -0.2) is 0 Å². The highest BCUT2D eigenvalue weighted by Gasteiger charge is 2.49. The number of piperidine rings is 1. The van der Waals surface area contributed by atoms with Crippen molar-refractivity contribution >= 4 is 23.4 Å². The average molecular weight is 348 g/mol. The zero-order chi connectivity index (χ0) is 17.3. The summed E-state index contributed by atoms with van der Waals surface area (Å²) in [7, 11) is 0. The van der Waals surface area contributed by atoms with E-state index in [2.05, 4.69) is 11.9 Å². The number of carbonyl (C=O) groups is 2. The van der Waals surface area contributed by atoms with Crippen LogP contribution in [0.3, 0.4) is 0 Å². The number of hydrogen-bond donors (Lipinski definition) is 1. The minimum Gasteiger partial charge on any atom is -0.338 e. The molecule has 1 N–H and O–H groups in total. The summed E-state index contributed by atoms with van der Waals surface area (Å²) < 4.78 is 0. The molecule has 0 aliphatic carbocycles. The van der Waals surface area contributed by atoms with Gasteiger partial charge < -0.3 is 9.80 Å². The van der Waals surface area contributed by atoms with Crippen LogP contribution >= 0.6 is 11.6 Å². The molecular formula is C18H22ClN3O2. The van der Waals surface area contributed by atoms with Gasteiger partial charge in [-0.05, 0) is 19.1 Å². The molecule has 5 nitrogen and oxygen atoms in total. The van der Waals surface area contributed by atoms with Crippen LogP contribution in [0.2, 0.25) is 5.02 Å². The van der Waals surface area contributed by atoms with Crippen molar-refractivity contribution in [3.05, 3.63) is 47.5 Å². The number of benzene rings is 1. The fourth-order valence-electron chi connectivity index (χ4n) is 3.68. The van der Waals surface area contributed by atoms with Crippen molar-refractivity contribution in [2.75, 3.05) is 19.6 Å². The molecule has 2 heterocycles. The highest BCUT2D eigenvalue weighted by molar-refractivity contribution is 6.33. The van der Waals surface area contributed by atoms with E-state index in [4.69, 9.17) is 11.6 Å². The minimum atomic E-state index is -0.373. The van der Waals surface area contributed by atoms with Crippen molar-refractivity contribution in [2.45, 2.75) is 31.5 Å². The minimum absolute atomic E-state index is 0.0527. The highest BCUT2D eigenvalue weighted by atomic mass is 35.5. The Morgan fingerprint density at radius 1 is 1.42 bits per heavy atom. The van der Waals surface area contributed by atoms with Gasteiger partial charge in [0.05, 0.1) is 22.3 Å². The third-order valence-electron chi connectivity index (χ3n) is 4.93. The standard InChI is InChI=1S/C18H22ClN3O2/c1-3-10-22-16(23)13(2)20-18(22)8-11-21(12-9-18)17(24)14-6-4-5-7-15(14)19/h3-7,13,20H,1,8-12H2,2H3. The van der Waals surface area contributed by atoms with Crippen molar-refractivity contribution in [3.63, 3.8) is 0 Å². The van der Waals surface area contributed by atoms with Crippen LogP contribution in [-0.4, -0.2) is 53.0 Å². The molecule has 24 heavy (non-hydrogen) atoms. The van der Waals surface area contributed by atoms with E-state index in [0.717, 1.165) is 0 Å². The largest absolute Gasteiger partial charge is 0.338 e. The van der Waals surface area contributed by atoms with Crippen molar-refractivity contribution in [3.8, 4) is 0 Å². The van der Waals surface area contributed by atoms with Crippen LogP contribution in [-0.2, 0) is 4.79 Å². The summed E-state index contributed by atoms with van der Waals surface area (Å²) in [5.74, 6) is 0.0453. The van der Waals surface area contributed by atoms with Gasteiger partial charge in [-0.1, -0.05) is 29.8 Å². The topological polar surface area (TPSA) is 52.7 Å². The van der Waals surface area contributed by atoms with Crippen LogP contribution in [0.5, 0.6) is 0 Å². The van der Waals surface area contributed by atoms with Crippen LogP contribution in [0.4, 0.5) is 0 Å². The molecule has 0 aromatic heterocycles. The summed E-state index contributed by atoms with van der Waals surface area (Å²) in [6.45, 7) is 7.34. The summed E-state index contributed by atoms with van der Waals surface area (Å²) in [6, 6.07) is 6.90. The van der Waals surface area contributed by atoms with Crippen LogP contribution in [0.1, 0.15) is 30.1 Å². The van der Waals surface area contributed by atoms with Crippen molar-refractivity contribution in [1.29, 1.82) is 0 Å². The number of halogens is 1. The van der Waals surface area contributed by atoms with Gasteiger partial charge >= 0.3 is 0 Å². The predicted octanol–water partition coefficient (Wildman–Crippen LogP) is 2.28. The second-order valence-corrected chi connectivity index (χ2v) is 6.81. The molecule has 2 saturated heterocycles. The van der Waals surface area contributed by atoms with Gasteiger partial charge in [-0.15, -0.1) is 6.58 Å². The van der Waals surface area contributed by atoms with E-state index >= 15 is 0 Å². The number of likely N-dealkylation sites (tertiary alicyclic amines) is 1. The molecular weight excluding hydrogens is 326 g/mol. The SMILES string of the molecule is C=CCN1C(=O)C(C)NC12CCN(C(=O)c1ccccc1Cl)CC2. The fourth-order valence-corrected chi connectivity index (χ4v) is 3.90. The van der Waals surface area contributed by atoms with Gasteiger partial charge in [0.2, 0.25) is 5.91 Å². The number of nitrogens with one attached hydrogen (secondary N) is 1. The first-order valence-electron chi connectivity index (χ1n) is 8.22. The Labute approximate surface area is 147 Å². The normalized spacial score (nSPS) is 22.9. The number of carbonyl (C=O) groups excluding carboxylic acids is 2. The maximum atomic E-state index is 12.7. The first-order chi connectivity index (χ1) is 11.5. The molecule has 2 fully saturated rings. The first-order valence-corrected chi connectivity index (χ1v) is 8.60. The Balaban J connectivity index is 1.73. The zero-order valence-corrected chi connectivity index (χ0v) is 14.6. The third kappa shape index (κ3) is 2.82. The number of amides is 2. The van der Waals surface area contributed by atoms with Gasteiger partial charge in [0.1, 0.15) is 0 Å². The quantitative estimate of drug-likeness (QED) is 0.853. The lowest BCUT2D eigenvalue weighted by molar-refractivity contribution is -0.132. The Hall–Kier alpha value is -1.85. The lowest BCUT2D eigenvalue weighted by Gasteiger charge is -2.44. The Morgan fingerprint density at radius 2 is 2.08 bits per heavy atom. The molecule has 0 saturated carbocycles. The summed E-state index contributed by atoms with van der Waals surface area (Å²) in [5.41, 5.74) is 0.156. The van der Waals surface area contributed by atoms with E-state index in [1.54, 1.807) is 18.2 Å². The maximum Gasteiger partial charge on any atom is 0.255 e. The first kappa shape index (κ1) is 17.0. The molecule has 1 spiro atoms. The molecule has 6 heteroatoms. The van der Waals surface area contributed by atoms with Crippen molar-refractivity contribution < 1.29 is 9.59 Å². The summed E-state index contributed by atoms with van der Waals surface area (Å²) >= 11 is 6.14. The maximum absolute atomic E-state index is 12.7. The van der Waals surface area contributed by atoms with E-state index in [-0.39, 0.29) is 23.5 Å². The van der Waals surface area contributed by atoms with E-state index in [1.165, 1.54) is 0 Å². The number of rotatable bonds is 3. The molecule has 0 radical (unpaired) electrons. The zero-order valence-electron chi connectivity index (χ0n) is 13.8. The van der Waals surface area contributed by atoms with E-state index < -0.39 is 0 Å². The van der Waals surface area contributed by atoms with Gasteiger partial charge in [0, 0.05) is 32.5 Å². The van der Waals surface area contributed by atoms with Crippen LogP contribution in [0, 0.1) is 0 Å². The number of hydrogen-bond acceptors (Lipinski definition) is 3. The summed E-state index contributed by atoms with van der Waals surface area (Å²) in [5, 5.41) is 3.90. The monoisotopic (exact) mass is 347 g/mol. The second kappa shape index (κ2) is 6.57. The molecule has 1 atom stereocenters. The molecule has 0 bridgehead atoms. The molecule has 2 aliphatic rings. The van der Waals surface area contributed by atoms with E-state index in [9.17, 15) is 9.59 Å². The number of nitrogens with zero attached hydrogens (tertiary/aromatic N) is 2. The lowest BCUT2D eigenvalue weighted by Crippen LogP contribution is -2.59. The fraction of sp³-hybridized carbons (Fsp3) is 0.444. The van der Waals surface area contributed by atoms with E-state index in [1.807, 2.05) is 28.9 Å². The van der Waals surface area contributed by atoms with E-state index in [0.29, 0.717) is 43.1 Å². The van der Waals surface area contributed by atoms with Crippen LogP contribution < -0.4 is 5.32 Å². The Kier molecular flexibility index (Phi) is 4.65. The highest BCUT2D eigenvalue weighted by Crippen LogP contribution is 2.33. The molecule has 2 aliphatic heterocycles. The second-order valence-electron chi connectivity index (χ2n) is 6.41. The average Bonchev–Trinajstić information content (AvgIpc) is 2.80. The third-order valence-corrected chi connectivity index (χ3v) is 5.26. The molecule has 2 amide bonds.